The Morgan fingerprint density at radius 1 is 1.16 bits per heavy atom. The van der Waals surface area contributed by atoms with Gasteiger partial charge in [0.15, 0.2) is 11.5 Å². The monoisotopic (exact) mass is 438 g/mol. The number of aliphatic imine (C=N–C) groups is 1. The predicted octanol–water partition coefficient (Wildman–Crippen LogP) is 5.98. The van der Waals surface area contributed by atoms with Gasteiger partial charge >= 0.3 is 0 Å². The largest absolute Gasteiger partial charge is 0.490 e. The summed E-state index contributed by atoms with van der Waals surface area (Å²) in [4.78, 5) is 4.44. The van der Waals surface area contributed by atoms with Crippen LogP contribution in [-0.2, 0) is 11.3 Å². The van der Waals surface area contributed by atoms with Gasteiger partial charge in [-0.15, -0.1) is 0 Å². The Labute approximate surface area is 188 Å². The van der Waals surface area contributed by atoms with Gasteiger partial charge in [-0.3, -0.25) is 0 Å². The van der Waals surface area contributed by atoms with E-state index in [1.54, 1.807) is 13.3 Å². The van der Waals surface area contributed by atoms with Gasteiger partial charge in [0.05, 0.1) is 6.61 Å². The molecular weight excluding hydrogens is 412 g/mol. The second-order valence-corrected chi connectivity index (χ2v) is 7.26. The van der Waals surface area contributed by atoms with E-state index in [1.807, 2.05) is 68.6 Å². The van der Waals surface area contributed by atoms with Gasteiger partial charge in [0.1, 0.15) is 18.5 Å². The number of ether oxygens (including phenoxy) is 3. The van der Waals surface area contributed by atoms with Crippen LogP contribution in [0.3, 0.4) is 0 Å². The second kappa shape index (κ2) is 10.8. The van der Waals surface area contributed by atoms with Gasteiger partial charge in [0, 0.05) is 35.0 Å². The van der Waals surface area contributed by atoms with E-state index in [-0.39, 0.29) is 0 Å². The van der Waals surface area contributed by atoms with Gasteiger partial charge < -0.3 is 19.5 Å². The molecule has 1 atom stereocenters. The number of amidine groups is 1. The van der Waals surface area contributed by atoms with E-state index in [1.165, 1.54) is 0 Å². The van der Waals surface area contributed by atoms with E-state index in [0.29, 0.717) is 35.6 Å². The molecule has 1 heterocycles. The molecule has 0 spiro atoms. The van der Waals surface area contributed by atoms with Crippen molar-refractivity contribution in [1.29, 1.82) is 0 Å². The highest BCUT2D eigenvalue weighted by molar-refractivity contribution is 6.30. The molecule has 0 amide bonds. The van der Waals surface area contributed by atoms with Gasteiger partial charge in [-0.05, 0) is 43.8 Å². The minimum absolute atomic E-state index is 0.397. The molecule has 0 radical (unpaired) electrons. The fourth-order valence-corrected chi connectivity index (χ4v) is 3.38. The number of hydrogen-bond donors (Lipinski definition) is 1. The Kier molecular flexibility index (Phi) is 7.93. The van der Waals surface area contributed by atoms with Gasteiger partial charge in [0.2, 0.25) is 0 Å². The number of hydrogen-bond acceptors (Lipinski definition) is 5. The first kappa shape index (κ1) is 22.7. The lowest BCUT2D eigenvalue weighted by Crippen LogP contribution is -2.19. The van der Waals surface area contributed by atoms with Gasteiger partial charge in [-0.1, -0.05) is 48.5 Å². The maximum atomic E-state index is 6.10. The average Bonchev–Trinajstić information content (AvgIpc) is 3.14. The van der Waals surface area contributed by atoms with E-state index < -0.39 is 6.10 Å². The maximum absolute atomic E-state index is 6.10. The molecule has 0 bridgehead atoms. The van der Waals surface area contributed by atoms with Crippen LogP contribution >= 0.6 is 11.6 Å². The van der Waals surface area contributed by atoms with E-state index in [4.69, 9.17) is 25.8 Å². The Balaban J connectivity index is 1.86. The summed E-state index contributed by atoms with van der Waals surface area (Å²) in [5, 5.41) is 3.83. The molecule has 1 N–H and O–H groups in total. The first-order valence-electron chi connectivity index (χ1n) is 10.1. The summed E-state index contributed by atoms with van der Waals surface area (Å²) in [5.41, 5.74) is 3.51. The first-order valence-corrected chi connectivity index (χ1v) is 10.5. The number of allylic oxidation sites excluding steroid dienone is 1. The van der Waals surface area contributed by atoms with Crippen molar-refractivity contribution in [3.8, 4) is 11.5 Å². The van der Waals surface area contributed by atoms with E-state index in [9.17, 15) is 0 Å². The third-order valence-electron chi connectivity index (χ3n) is 4.76. The molecule has 162 valence electrons. The average molecular weight is 439 g/mol. The lowest BCUT2D eigenvalue weighted by atomic mass is 9.96. The van der Waals surface area contributed by atoms with Crippen LogP contribution in [0.25, 0.3) is 0 Å². The van der Waals surface area contributed by atoms with Crippen LogP contribution in [-0.4, -0.2) is 19.6 Å². The molecule has 0 saturated heterocycles. The molecule has 1 aliphatic rings. The normalized spacial score (nSPS) is 14.4. The summed E-state index contributed by atoms with van der Waals surface area (Å²) in [6.45, 7) is 8.95. The Morgan fingerprint density at radius 2 is 1.94 bits per heavy atom. The third-order valence-corrected chi connectivity index (χ3v) is 5.01. The zero-order valence-corrected chi connectivity index (χ0v) is 18.8. The number of para-hydroxylation sites is 1. The molecule has 1 aliphatic heterocycles. The Bertz CT molecular complexity index is 1010. The zero-order valence-electron chi connectivity index (χ0n) is 18.0. The number of methoxy groups -OCH3 is 1. The third kappa shape index (κ3) is 5.37. The number of nitrogens with one attached hydrogen (secondary N) is 1. The fourth-order valence-electron chi connectivity index (χ4n) is 3.25. The maximum Gasteiger partial charge on any atom is 0.167 e. The van der Waals surface area contributed by atoms with E-state index in [2.05, 4.69) is 16.9 Å². The minimum Gasteiger partial charge on any atom is -0.490 e. The van der Waals surface area contributed by atoms with Crippen LogP contribution in [0.1, 0.15) is 31.1 Å². The van der Waals surface area contributed by atoms with Crippen LogP contribution < -0.4 is 14.8 Å². The molecule has 2 aromatic rings. The molecule has 3 rings (SSSR count). The number of halogens is 1. The quantitative estimate of drug-likeness (QED) is 0.523. The Morgan fingerprint density at radius 3 is 2.61 bits per heavy atom. The molecule has 1 unspecified atom stereocenters. The van der Waals surface area contributed by atoms with E-state index in [0.717, 1.165) is 22.3 Å². The summed E-state index contributed by atoms with van der Waals surface area (Å²) in [6, 6.07) is 13.4. The summed E-state index contributed by atoms with van der Waals surface area (Å²) < 4.78 is 18.0. The van der Waals surface area contributed by atoms with Crippen LogP contribution in [0.4, 0.5) is 0 Å². The standard InChI is InChI=1S/C25H27ClN2O3/c1-5-14-27-25-17(3)21(15-28-25)23(29-4)20-8-7-9-22(24(20)30-6-2)31-16-18-10-12-19(26)13-11-18/h5,7-15,23H,3,6,16H2,1-2,4H3,(H,27,28)/b14-5-. The van der Waals surface area contributed by atoms with Gasteiger partial charge in [-0.25, -0.2) is 4.99 Å². The zero-order chi connectivity index (χ0) is 22.2. The van der Waals surface area contributed by atoms with Crippen molar-refractivity contribution >= 4 is 17.4 Å². The molecule has 5 nitrogen and oxygen atoms in total. The van der Waals surface area contributed by atoms with Crippen molar-refractivity contribution in [2.75, 3.05) is 13.7 Å². The fraction of sp³-hybridized carbons (Fsp3) is 0.240. The molecule has 31 heavy (non-hydrogen) atoms. The van der Waals surface area contributed by atoms with Crippen LogP contribution in [0.2, 0.25) is 5.02 Å². The summed E-state index contributed by atoms with van der Waals surface area (Å²) >= 11 is 5.97. The van der Waals surface area contributed by atoms with Crippen molar-refractivity contribution in [1.82, 2.24) is 5.32 Å². The lowest BCUT2D eigenvalue weighted by Gasteiger charge is -2.23. The summed E-state index contributed by atoms with van der Waals surface area (Å²) in [5.74, 6) is 1.99. The highest BCUT2D eigenvalue weighted by Gasteiger charge is 2.28. The molecule has 2 aromatic carbocycles. The van der Waals surface area contributed by atoms with Crippen LogP contribution in [0.5, 0.6) is 11.5 Å². The van der Waals surface area contributed by atoms with Crippen molar-refractivity contribution in [3.05, 3.63) is 94.8 Å². The van der Waals surface area contributed by atoms with Crippen molar-refractivity contribution in [3.63, 3.8) is 0 Å². The first-order chi connectivity index (χ1) is 15.1. The number of rotatable bonds is 9. The van der Waals surface area contributed by atoms with Crippen LogP contribution in [0.15, 0.2) is 83.7 Å². The number of benzene rings is 2. The Hall–Kier alpha value is -3.02. The molecular formula is C25H27ClN2O3. The van der Waals surface area contributed by atoms with Crippen LogP contribution in [0, 0.1) is 0 Å². The summed E-state index contributed by atoms with van der Waals surface area (Å²) in [7, 11) is 1.66. The lowest BCUT2D eigenvalue weighted by molar-refractivity contribution is 0.130. The second-order valence-electron chi connectivity index (χ2n) is 6.82. The molecule has 6 heteroatoms. The number of nitrogens with zero attached hydrogens (tertiary/aromatic N) is 1. The SMILES string of the molecule is C=C1C(C(OC)c2cccc(OCc3ccc(Cl)cc3)c2OCC)=CN=C1N/C=C\C. The van der Waals surface area contributed by atoms with Gasteiger partial charge in [0.25, 0.3) is 0 Å². The van der Waals surface area contributed by atoms with Crippen molar-refractivity contribution < 1.29 is 14.2 Å². The topological polar surface area (TPSA) is 52.1 Å². The molecule has 0 fully saturated rings. The molecule has 0 saturated carbocycles. The molecule has 0 aromatic heterocycles. The highest BCUT2D eigenvalue weighted by Crippen LogP contribution is 2.42. The smallest absolute Gasteiger partial charge is 0.167 e. The minimum atomic E-state index is -0.401. The van der Waals surface area contributed by atoms with Crippen molar-refractivity contribution in [2.24, 2.45) is 4.99 Å². The van der Waals surface area contributed by atoms with Gasteiger partial charge in [-0.2, -0.15) is 0 Å². The highest BCUT2D eigenvalue weighted by atomic mass is 35.5. The summed E-state index contributed by atoms with van der Waals surface area (Å²) in [6.07, 6.45) is 5.09. The van der Waals surface area contributed by atoms with Crippen molar-refractivity contribution in [2.45, 2.75) is 26.6 Å². The molecule has 0 aliphatic carbocycles. The predicted molar refractivity (Wildman–Crippen MR) is 126 cm³/mol. The van der Waals surface area contributed by atoms with E-state index >= 15 is 0 Å².